The Bertz CT molecular complexity index is 495. The van der Waals surface area contributed by atoms with Crippen LogP contribution >= 0.6 is 0 Å². The lowest BCUT2D eigenvalue weighted by atomic mass is 9.93. The smallest absolute Gasteiger partial charge is 0.338 e. The van der Waals surface area contributed by atoms with Gasteiger partial charge in [0.1, 0.15) is 6.61 Å². The Morgan fingerprint density at radius 2 is 1.70 bits per heavy atom. The minimum Gasteiger partial charge on any atom is -0.478 e. The number of unbranched alkanes of at least 4 members (excludes halogenated alkanes) is 2. The summed E-state index contributed by atoms with van der Waals surface area (Å²) in [6, 6.07) is 5.54. The standard InChI is InChI=1S/C18H26O5/c1-3-5-6-7-13(4-2)16(19)12-23-18(22)15-10-8-14(9-11-15)17(20)21/h8-11,13,16,19H,3-7,12H2,1-2H3,(H,20,21). The Hall–Kier alpha value is -1.88. The van der Waals surface area contributed by atoms with Gasteiger partial charge in [-0.3, -0.25) is 0 Å². The molecule has 0 aromatic heterocycles. The lowest BCUT2D eigenvalue weighted by Crippen LogP contribution is -2.27. The van der Waals surface area contributed by atoms with Crippen molar-refractivity contribution < 1.29 is 24.5 Å². The number of aromatic carboxylic acids is 1. The fraction of sp³-hybridized carbons (Fsp3) is 0.556. The molecule has 0 aliphatic carbocycles. The van der Waals surface area contributed by atoms with Crippen LogP contribution in [0.3, 0.4) is 0 Å². The number of carboxylic acids is 1. The van der Waals surface area contributed by atoms with Crippen LogP contribution in [0.4, 0.5) is 0 Å². The molecule has 0 heterocycles. The maximum atomic E-state index is 11.9. The highest BCUT2D eigenvalue weighted by Gasteiger charge is 2.19. The van der Waals surface area contributed by atoms with Gasteiger partial charge in [-0.15, -0.1) is 0 Å². The lowest BCUT2D eigenvalue weighted by molar-refractivity contribution is 0.00562. The number of aliphatic hydroxyl groups excluding tert-OH is 1. The summed E-state index contributed by atoms with van der Waals surface area (Å²) in [5, 5.41) is 19.0. The molecule has 2 unspecified atom stereocenters. The molecule has 0 aliphatic rings. The number of benzene rings is 1. The van der Waals surface area contributed by atoms with E-state index in [-0.39, 0.29) is 23.7 Å². The number of esters is 1. The quantitative estimate of drug-likeness (QED) is 0.509. The molecule has 0 spiro atoms. The number of carbonyl (C=O) groups excluding carboxylic acids is 1. The molecule has 5 heteroatoms. The van der Waals surface area contributed by atoms with E-state index in [0.717, 1.165) is 32.1 Å². The molecular weight excluding hydrogens is 296 g/mol. The second kappa shape index (κ2) is 10.0. The Labute approximate surface area is 137 Å². The SMILES string of the molecule is CCCCCC(CC)C(O)COC(=O)c1ccc(C(=O)O)cc1. The number of ether oxygens (including phenoxy) is 1. The van der Waals surface area contributed by atoms with Crippen LogP contribution in [0.25, 0.3) is 0 Å². The maximum absolute atomic E-state index is 11.9. The summed E-state index contributed by atoms with van der Waals surface area (Å²) in [6.45, 7) is 4.12. The van der Waals surface area contributed by atoms with Crippen molar-refractivity contribution in [3.8, 4) is 0 Å². The second-order valence-electron chi connectivity index (χ2n) is 5.71. The zero-order chi connectivity index (χ0) is 17.2. The van der Waals surface area contributed by atoms with Gasteiger partial charge >= 0.3 is 11.9 Å². The van der Waals surface area contributed by atoms with E-state index in [4.69, 9.17) is 9.84 Å². The first kappa shape index (κ1) is 19.2. The molecule has 2 N–H and O–H groups in total. The Morgan fingerprint density at radius 1 is 1.09 bits per heavy atom. The average molecular weight is 322 g/mol. The summed E-state index contributed by atoms with van der Waals surface area (Å²) >= 11 is 0. The summed E-state index contributed by atoms with van der Waals surface area (Å²) < 4.78 is 5.14. The summed E-state index contributed by atoms with van der Waals surface area (Å²) in [6.07, 6.45) is 4.44. The largest absolute Gasteiger partial charge is 0.478 e. The first-order valence-corrected chi connectivity index (χ1v) is 8.18. The summed E-state index contributed by atoms with van der Waals surface area (Å²) in [7, 11) is 0. The highest BCUT2D eigenvalue weighted by Crippen LogP contribution is 2.18. The van der Waals surface area contributed by atoms with Gasteiger partial charge in [0.15, 0.2) is 0 Å². The fourth-order valence-corrected chi connectivity index (χ4v) is 2.45. The van der Waals surface area contributed by atoms with Gasteiger partial charge in [-0.05, 0) is 36.6 Å². The lowest BCUT2D eigenvalue weighted by Gasteiger charge is -2.21. The topological polar surface area (TPSA) is 83.8 Å². The van der Waals surface area contributed by atoms with Crippen LogP contribution in [-0.4, -0.2) is 34.9 Å². The predicted octanol–water partition coefficient (Wildman–Crippen LogP) is 3.51. The highest BCUT2D eigenvalue weighted by atomic mass is 16.5. The van der Waals surface area contributed by atoms with Crippen molar-refractivity contribution in [2.24, 2.45) is 5.92 Å². The molecule has 0 aliphatic heterocycles. The molecule has 0 amide bonds. The number of aliphatic hydroxyl groups is 1. The van der Waals surface area contributed by atoms with Gasteiger partial charge in [0, 0.05) is 0 Å². The molecule has 0 bridgehead atoms. The number of rotatable bonds is 10. The van der Waals surface area contributed by atoms with Crippen LogP contribution in [0.2, 0.25) is 0 Å². The van der Waals surface area contributed by atoms with E-state index in [1.165, 1.54) is 24.3 Å². The normalized spacial score (nSPS) is 13.3. The Balaban J connectivity index is 2.48. The maximum Gasteiger partial charge on any atom is 0.338 e. The molecule has 2 atom stereocenters. The molecule has 1 aromatic rings. The van der Waals surface area contributed by atoms with Gasteiger partial charge in [-0.25, -0.2) is 9.59 Å². The number of hydrogen-bond acceptors (Lipinski definition) is 4. The summed E-state index contributed by atoms with van der Waals surface area (Å²) in [4.78, 5) is 22.7. The van der Waals surface area contributed by atoms with Crippen molar-refractivity contribution in [3.05, 3.63) is 35.4 Å². The third-order valence-electron chi connectivity index (χ3n) is 4.00. The van der Waals surface area contributed by atoms with E-state index in [9.17, 15) is 14.7 Å². The van der Waals surface area contributed by atoms with Crippen molar-refractivity contribution in [2.45, 2.75) is 52.1 Å². The van der Waals surface area contributed by atoms with E-state index < -0.39 is 18.0 Å². The first-order valence-electron chi connectivity index (χ1n) is 8.18. The highest BCUT2D eigenvalue weighted by molar-refractivity contribution is 5.92. The molecule has 128 valence electrons. The van der Waals surface area contributed by atoms with Gasteiger partial charge in [-0.2, -0.15) is 0 Å². The van der Waals surface area contributed by atoms with Crippen LogP contribution in [0.5, 0.6) is 0 Å². The van der Waals surface area contributed by atoms with Crippen LogP contribution < -0.4 is 0 Å². The molecular formula is C18H26O5. The molecule has 1 aromatic carbocycles. The van der Waals surface area contributed by atoms with Crippen molar-refractivity contribution in [2.75, 3.05) is 6.61 Å². The third-order valence-corrected chi connectivity index (χ3v) is 4.00. The average Bonchev–Trinajstić information content (AvgIpc) is 2.56. The van der Waals surface area contributed by atoms with Crippen molar-refractivity contribution >= 4 is 11.9 Å². The molecule has 5 nitrogen and oxygen atoms in total. The Kier molecular flexibility index (Phi) is 8.33. The molecule has 23 heavy (non-hydrogen) atoms. The van der Waals surface area contributed by atoms with Gasteiger partial charge in [0.2, 0.25) is 0 Å². The summed E-state index contributed by atoms with van der Waals surface area (Å²) in [5.74, 6) is -1.47. The van der Waals surface area contributed by atoms with Crippen molar-refractivity contribution in [1.29, 1.82) is 0 Å². The molecule has 0 saturated heterocycles. The summed E-state index contributed by atoms with van der Waals surface area (Å²) in [5.41, 5.74) is 0.393. The van der Waals surface area contributed by atoms with E-state index in [2.05, 4.69) is 6.92 Å². The zero-order valence-electron chi connectivity index (χ0n) is 13.8. The van der Waals surface area contributed by atoms with Crippen molar-refractivity contribution in [1.82, 2.24) is 0 Å². The Morgan fingerprint density at radius 3 is 2.22 bits per heavy atom. The second-order valence-corrected chi connectivity index (χ2v) is 5.71. The predicted molar refractivity (Wildman–Crippen MR) is 87.6 cm³/mol. The van der Waals surface area contributed by atoms with Crippen LogP contribution in [0.1, 0.15) is 66.7 Å². The van der Waals surface area contributed by atoms with Gasteiger partial charge in [-0.1, -0.05) is 39.5 Å². The molecule has 0 fully saturated rings. The van der Waals surface area contributed by atoms with Crippen molar-refractivity contribution in [3.63, 3.8) is 0 Å². The molecule has 0 radical (unpaired) electrons. The van der Waals surface area contributed by atoms with Crippen LogP contribution in [-0.2, 0) is 4.74 Å². The minimum atomic E-state index is -1.04. The van der Waals surface area contributed by atoms with Crippen LogP contribution in [0, 0.1) is 5.92 Å². The fourth-order valence-electron chi connectivity index (χ4n) is 2.45. The monoisotopic (exact) mass is 322 g/mol. The van der Waals surface area contributed by atoms with Gasteiger partial charge in [0.25, 0.3) is 0 Å². The van der Waals surface area contributed by atoms with E-state index in [1.807, 2.05) is 6.92 Å². The number of carboxylic acid groups (broad SMARTS) is 1. The van der Waals surface area contributed by atoms with E-state index >= 15 is 0 Å². The zero-order valence-corrected chi connectivity index (χ0v) is 13.8. The van der Waals surface area contributed by atoms with E-state index in [1.54, 1.807) is 0 Å². The third kappa shape index (κ3) is 6.40. The minimum absolute atomic E-state index is 0.0376. The van der Waals surface area contributed by atoms with Crippen LogP contribution in [0.15, 0.2) is 24.3 Å². The number of hydrogen-bond donors (Lipinski definition) is 2. The molecule has 0 saturated carbocycles. The van der Waals surface area contributed by atoms with Gasteiger partial charge in [0.05, 0.1) is 17.2 Å². The molecule has 1 rings (SSSR count). The number of carbonyl (C=O) groups is 2. The first-order chi connectivity index (χ1) is 11.0. The van der Waals surface area contributed by atoms with E-state index in [0.29, 0.717) is 0 Å². The van der Waals surface area contributed by atoms with Gasteiger partial charge < -0.3 is 14.9 Å².